The lowest BCUT2D eigenvalue weighted by atomic mass is 9.89. The molecule has 0 aromatic carbocycles. The van der Waals surface area contributed by atoms with E-state index in [0.717, 1.165) is 31.2 Å². The number of ether oxygens (including phenoxy) is 5. The van der Waals surface area contributed by atoms with Crippen molar-refractivity contribution in [1.29, 1.82) is 0 Å². The Morgan fingerprint density at radius 2 is 1.62 bits per heavy atom. The summed E-state index contributed by atoms with van der Waals surface area (Å²) in [4.78, 5) is 39.5. The van der Waals surface area contributed by atoms with Crippen LogP contribution in [0.1, 0.15) is 87.0 Å². The van der Waals surface area contributed by atoms with Gasteiger partial charge in [-0.1, -0.05) is 52.0 Å². The van der Waals surface area contributed by atoms with Gasteiger partial charge < -0.3 is 48.5 Å². The summed E-state index contributed by atoms with van der Waals surface area (Å²) < 4.78 is 29.3. The lowest BCUT2D eigenvalue weighted by Gasteiger charge is -2.31. The van der Waals surface area contributed by atoms with Crippen LogP contribution in [0.25, 0.3) is 0 Å². The summed E-state index contributed by atoms with van der Waals surface area (Å²) in [5.74, 6) is -0.720. The number of aliphatic hydroxyl groups is 2. The first-order valence-electron chi connectivity index (χ1n) is 18.8. The average molecular weight is 739 g/mol. The number of epoxide rings is 1. The molecule has 1 rings (SSSR count). The largest absolute Gasteiger partial charge is 0.455 e. The standard InChI is InChI=1S/C40H70N2O10/c1-13-33(48-11)30(5)37-38(51-37)36(52-39(46)42(10)25-16-24-41(8)9)28(3)18-14-17-27(2)35(49-12)29(4)20-21-34(50-31(6)44)40(7,47)23-22-32(45)19-15-26-43/h14,17-18,20-21,26,28-30,32-38,45,47H,13,15-16,19,22-25H2,1-12H3/b18-14+,21-20+,27-17+. The molecular formula is C40H70N2O10. The average Bonchev–Trinajstić information content (AvgIpc) is 3.88. The predicted octanol–water partition coefficient (Wildman–Crippen LogP) is 5.35. The van der Waals surface area contributed by atoms with Crippen LogP contribution in [-0.4, -0.2) is 135 Å². The van der Waals surface area contributed by atoms with Crippen molar-refractivity contribution in [3.8, 4) is 0 Å². The molecule has 12 nitrogen and oxygen atoms in total. The maximum Gasteiger partial charge on any atom is 0.409 e. The van der Waals surface area contributed by atoms with Crippen LogP contribution in [0, 0.1) is 17.8 Å². The van der Waals surface area contributed by atoms with Gasteiger partial charge in [-0.3, -0.25) is 4.79 Å². The highest BCUT2D eigenvalue weighted by Gasteiger charge is 2.52. The highest BCUT2D eigenvalue weighted by atomic mass is 16.6. The number of methoxy groups -OCH3 is 2. The van der Waals surface area contributed by atoms with Crippen molar-refractivity contribution >= 4 is 18.3 Å². The minimum Gasteiger partial charge on any atom is -0.455 e. The minimum atomic E-state index is -1.44. The number of hydrogen-bond acceptors (Lipinski definition) is 11. The molecule has 300 valence electrons. The summed E-state index contributed by atoms with van der Waals surface area (Å²) in [5.41, 5.74) is -0.507. The predicted molar refractivity (Wildman–Crippen MR) is 203 cm³/mol. The minimum absolute atomic E-state index is 0.0426. The Bertz CT molecular complexity index is 1150. The second-order valence-corrected chi connectivity index (χ2v) is 14.9. The van der Waals surface area contributed by atoms with Gasteiger partial charge in [-0.05, 0) is 78.2 Å². The number of allylic oxidation sites excluding steroid dienone is 2. The molecule has 1 saturated heterocycles. The molecule has 12 heteroatoms. The van der Waals surface area contributed by atoms with Gasteiger partial charge in [-0.2, -0.15) is 0 Å². The molecule has 1 aliphatic rings. The summed E-state index contributed by atoms with van der Waals surface area (Å²) in [6.45, 7) is 14.4. The first kappa shape index (κ1) is 47.4. The number of rotatable bonds is 26. The van der Waals surface area contributed by atoms with Crippen LogP contribution >= 0.6 is 0 Å². The van der Waals surface area contributed by atoms with Crippen LogP contribution < -0.4 is 0 Å². The van der Waals surface area contributed by atoms with Crippen LogP contribution in [0.4, 0.5) is 4.79 Å². The molecule has 0 bridgehead atoms. The molecular weight excluding hydrogens is 668 g/mol. The summed E-state index contributed by atoms with van der Waals surface area (Å²) in [7, 11) is 9.10. The number of nitrogens with zero attached hydrogens (tertiary/aromatic N) is 2. The van der Waals surface area contributed by atoms with Crippen LogP contribution in [0.2, 0.25) is 0 Å². The van der Waals surface area contributed by atoms with E-state index in [0.29, 0.717) is 13.0 Å². The van der Waals surface area contributed by atoms with Gasteiger partial charge in [0.1, 0.15) is 30.2 Å². The molecule has 0 aromatic heterocycles. The van der Waals surface area contributed by atoms with E-state index in [1.807, 2.05) is 59.2 Å². The Kier molecular flexibility index (Phi) is 21.8. The lowest BCUT2D eigenvalue weighted by molar-refractivity contribution is -0.156. The topological polar surface area (TPSA) is 148 Å². The summed E-state index contributed by atoms with van der Waals surface area (Å²) in [6.07, 6.45) is 9.65. The first-order valence-corrected chi connectivity index (χ1v) is 18.8. The Labute approximate surface area is 313 Å². The molecule has 1 heterocycles. The van der Waals surface area contributed by atoms with E-state index < -0.39 is 29.9 Å². The number of carbonyl (C=O) groups is 3. The number of aliphatic hydroxyl groups excluding tert-OH is 1. The molecule has 1 fully saturated rings. The molecule has 1 amide bonds. The monoisotopic (exact) mass is 739 g/mol. The van der Waals surface area contributed by atoms with Crippen molar-refractivity contribution in [2.24, 2.45) is 17.8 Å². The van der Waals surface area contributed by atoms with E-state index in [1.165, 1.54) is 6.92 Å². The number of amides is 1. The molecule has 0 radical (unpaired) electrons. The van der Waals surface area contributed by atoms with Gasteiger partial charge in [0, 0.05) is 58.9 Å². The Hall–Kier alpha value is -2.61. The second-order valence-electron chi connectivity index (χ2n) is 14.9. The zero-order valence-corrected chi connectivity index (χ0v) is 33.9. The van der Waals surface area contributed by atoms with E-state index in [9.17, 15) is 24.6 Å². The lowest BCUT2D eigenvalue weighted by Crippen LogP contribution is -2.41. The van der Waals surface area contributed by atoms with Crippen molar-refractivity contribution in [2.45, 2.75) is 135 Å². The zero-order chi connectivity index (χ0) is 39.6. The highest BCUT2D eigenvalue weighted by molar-refractivity contribution is 5.67. The number of hydrogen-bond donors (Lipinski definition) is 2. The highest BCUT2D eigenvalue weighted by Crippen LogP contribution is 2.39. The Balaban J connectivity index is 3.12. The first-order chi connectivity index (χ1) is 24.4. The van der Waals surface area contributed by atoms with Crippen molar-refractivity contribution in [1.82, 2.24) is 9.80 Å². The maximum absolute atomic E-state index is 13.2. The Morgan fingerprint density at radius 1 is 0.942 bits per heavy atom. The molecule has 11 atom stereocenters. The summed E-state index contributed by atoms with van der Waals surface area (Å²) >= 11 is 0. The van der Waals surface area contributed by atoms with E-state index in [-0.39, 0.29) is 67.5 Å². The quantitative estimate of drug-likeness (QED) is 0.0389. The van der Waals surface area contributed by atoms with Crippen LogP contribution in [0.15, 0.2) is 36.0 Å². The SMILES string of the molecule is CCC(OC)C(C)C1OC1C(OC(=O)N(C)CCCN(C)C)C(C)/C=C/C=C(\C)C(OC)C(C)/C=C/C(OC(C)=O)C(C)(O)CCC(O)CCC=O. The third kappa shape index (κ3) is 16.6. The number of carbonyl (C=O) groups excluding carboxylic acids is 3. The zero-order valence-electron chi connectivity index (χ0n) is 33.9. The van der Waals surface area contributed by atoms with E-state index in [4.69, 9.17) is 23.7 Å². The van der Waals surface area contributed by atoms with E-state index >= 15 is 0 Å². The van der Waals surface area contributed by atoms with Crippen molar-refractivity contribution < 1.29 is 48.3 Å². The molecule has 2 N–H and O–H groups in total. The molecule has 0 spiro atoms. The van der Waals surface area contributed by atoms with Crippen LogP contribution in [0.3, 0.4) is 0 Å². The third-order valence-corrected chi connectivity index (χ3v) is 9.91. The molecule has 0 saturated carbocycles. The summed E-state index contributed by atoms with van der Waals surface area (Å²) in [5, 5.41) is 21.4. The van der Waals surface area contributed by atoms with Crippen LogP contribution in [-0.2, 0) is 33.3 Å². The normalized spacial score (nSPS) is 22.2. The van der Waals surface area contributed by atoms with Gasteiger partial charge >= 0.3 is 12.1 Å². The van der Waals surface area contributed by atoms with E-state index in [1.54, 1.807) is 39.2 Å². The molecule has 1 aliphatic heterocycles. The van der Waals surface area contributed by atoms with Gasteiger partial charge in [0.2, 0.25) is 0 Å². The number of esters is 1. The maximum atomic E-state index is 13.2. The molecule has 52 heavy (non-hydrogen) atoms. The van der Waals surface area contributed by atoms with Crippen molar-refractivity contribution in [3.63, 3.8) is 0 Å². The fourth-order valence-electron chi connectivity index (χ4n) is 6.52. The van der Waals surface area contributed by atoms with Crippen molar-refractivity contribution in [3.05, 3.63) is 36.0 Å². The fraction of sp³-hybridized carbons (Fsp3) is 0.775. The Morgan fingerprint density at radius 3 is 2.17 bits per heavy atom. The van der Waals surface area contributed by atoms with Gasteiger partial charge in [0.05, 0.1) is 24.4 Å². The third-order valence-electron chi connectivity index (χ3n) is 9.91. The fourth-order valence-corrected chi connectivity index (χ4v) is 6.52. The second kappa shape index (κ2) is 23.9. The molecule has 11 unspecified atom stereocenters. The van der Waals surface area contributed by atoms with Gasteiger partial charge in [0.15, 0.2) is 0 Å². The van der Waals surface area contributed by atoms with Crippen LogP contribution in [0.5, 0.6) is 0 Å². The molecule has 0 aromatic rings. The number of aldehydes is 1. The van der Waals surface area contributed by atoms with Gasteiger partial charge in [0.25, 0.3) is 0 Å². The summed E-state index contributed by atoms with van der Waals surface area (Å²) in [6, 6.07) is 0. The molecule has 0 aliphatic carbocycles. The smallest absolute Gasteiger partial charge is 0.409 e. The van der Waals surface area contributed by atoms with Crippen molar-refractivity contribution in [2.75, 3.05) is 48.5 Å². The van der Waals surface area contributed by atoms with Gasteiger partial charge in [-0.15, -0.1) is 0 Å². The van der Waals surface area contributed by atoms with E-state index in [2.05, 4.69) is 18.7 Å². The van der Waals surface area contributed by atoms with Gasteiger partial charge in [-0.25, -0.2) is 4.79 Å².